The molecular formula is C25H28N2O10S2. The zero-order chi connectivity index (χ0) is 28.9. The Balaban J connectivity index is 1.55. The van der Waals surface area contributed by atoms with E-state index in [0.717, 1.165) is 5.71 Å². The molecule has 4 rings (SSSR count). The summed E-state index contributed by atoms with van der Waals surface area (Å²) in [5.74, 6) is -1.74. The van der Waals surface area contributed by atoms with Gasteiger partial charge in [0.1, 0.15) is 16.7 Å². The Morgan fingerprint density at radius 3 is 2.28 bits per heavy atom. The lowest BCUT2D eigenvalue weighted by atomic mass is 9.80. The van der Waals surface area contributed by atoms with Crippen molar-refractivity contribution >= 4 is 60.2 Å². The second-order valence-electron chi connectivity index (χ2n) is 10.1. The van der Waals surface area contributed by atoms with Gasteiger partial charge in [-0.2, -0.15) is 13.0 Å². The molecule has 2 aromatic carbocycles. The molecule has 2 amide bonds. The standard InChI is InChI=1S/C25H28N2O10S2/c1-15-25(2,3)24-18-13-16(38(31,32)33)14-20(39(34,35)36)17(18)8-9-19(24)26(15)12-6-4-5-7-23(30)37-27-21(28)10-11-22(27)29/h8-9,13-14H,4-7,10-12H2,1-3H3,(H-,31,32,33,34,35,36). The van der Waals surface area contributed by atoms with E-state index in [1.54, 1.807) is 6.07 Å². The molecule has 12 nitrogen and oxygen atoms in total. The first-order chi connectivity index (χ1) is 18.0. The average Bonchev–Trinajstić information content (AvgIpc) is 3.24. The third kappa shape index (κ3) is 5.46. The molecule has 0 atom stereocenters. The lowest BCUT2D eigenvalue weighted by Crippen LogP contribution is -2.31. The number of hydrogen-bond acceptors (Lipinski definition) is 9. The highest BCUT2D eigenvalue weighted by Gasteiger charge is 2.44. The quantitative estimate of drug-likeness (QED) is 0.201. The van der Waals surface area contributed by atoms with Gasteiger partial charge >= 0.3 is 5.97 Å². The van der Waals surface area contributed by atoms with E-state index in [4.69, 9.17) is 4.84 Å². The van der Waals surface area contributed by atoms with E-state index in [-0.39, 0.29) is 30.0 Å². The normalized spacial score (nSPS) is 17.3. The predicted molar refractivity (Wildman–Crippen MR) is 136 cm³/mol. The van der Waals surface area contributed by atoms with Gasteiger partial charge in [-0.05, 0) is 50.3 Å². The number of amides is 2. The van der Waals surface area contributed by atoms with E-state index in [2.05, 4.69) is 0 Å². The summed E-state index contributed by atoms with van der Waals surface area (Å²) in [6, 6.07) is 4.98. The van der Waals surface area contributed by atoms with Gasteiger partial charge in [0.15, 0.2) is 5.71 Å². The van der Waals surface area contributed by atoms with Crippen LogP contribution in [0.5, 0.6) is 0 Å². The molecule has 1 saturated heterocycles. The Labute approximate surface area is 225 Å². The van der Waals surface area contributed by atoms with Crippen LogP contribution in [0.15, 0.2) is 34.1 Å². The van der Waals surface area contributed by atoms with Crippen molar-refractivity contribution in [2.45, 2.75) is 74.5 Å². The van der Waals surface area contributed by atoms with Gasteiger partial charge < -0.3 is 9.39 Å². The predicted octanol–water partition coefficient (Wildman–Crippen LogP) is 2.55. The molecule has 210 valence electrons. The molecule has 2 heterocycles. The van der Waals surface area contributed by atoms with Crippen LogP contribution >= 0.6 is 0 Å². The summed E-state index contributed by atoms with van der Waals surface area (Å²) in [4.78, 5) is 38.6. The highest BCUT2D eigenvalue weighted by Crippen LogP contribution is 2.45. The molecule has 39 heavy (non-hydrogen) atoms. The van der Waals surface area contributed by atoms with E-state index in [9.17, 15) is 40.3 Å². The fraction of sp³-hybridized carbons (Fsp3) is 0.440. The number of benzene rings is 2. The fourth-order valence-electron chi connectivity index (χ4n) is 5.11. The molecule has 0 aliphatic carbocycles. The lowest BCUT2D eigenvalue weighted by Gasteiger charge is -2.19. The van der Waals surface area contributed by atoms with Crippen molar-refractivity contribution in [3.05, 3.63) is 29.8 Å². The zero-order valence-electron chi connectivity index (χ0n) is 21.6. The van der Waals surface area contributed by atoms with Crippen LogP contribution in [-0.4, -0.2) is 65.6 Å². The van der Waals surface area contributed by atoms with Crippen LogP contribution in [-0.2, 0) is 44.9 Å². The minimum Gasteiger partial charge on any atom is -0.744 e. The molecule has 0 unspecified atom stereocenters. The Kier molecular flexibility index (Phi) is 7.44. The molecule has 0 spiro atoms. The van der Waals surface area contributed by atoms with E-state index < -0.39 is 53.2 Å². The summed E-state index contributed by atoms with van der Waals surface area (Å²) in [6.45, 7) is 6.20. The number of hydrogen-bond donors (Lipinski definition) is 1. The van der Waals surface area contributed by atoms with Crippen LogP contribution < -0.4 is 0 Å². The Bertz CT molecular complexity index is 1640. The van der Waals surface area contributed by atoms with Gasteiger partial charge in [-0.15, -0.1) is 5.06 Å². The van der Waals surface area contributed by atoms with Crippen molar-refractivity contribution in [2.24, 2.45) is 0 Å². The Morgan fingerprint density at radius 2 is 1.69 bits per heavy atom. The largest absolute Gasteiger partial charge is 0.744 e. The first-order valence-electron chi connectivity index (χ1n) is 12.3. The SMILES string of the molecule is CC1=[N+](CCCCCC(=O)ON2C(=O)CCC2=O)c2ccc3c(S(=O)(=O)[O-])cc(S(=O)(=O)O)cc3c2C1(C)C. The zero-order valence-corrected chi connectivity index (χ0v) is 23.2. The monoisotopic (exact) mass is 580 g/mol. The number of nitrogens with zero attached hydrogens (tertiary/aromatic N) is 2. The summed E-state index contributed by atoms with van der Waals surface area (Å²) in [5, 5.41) is 0.815. The second-order valence-corrected chi connectivity index (χ2v) is 12.9. The summed E-state index contributed by atoms with van der Waals surface area (Å²) < 4.78 is 71.4. The molecule has 14 heteroatoms. The van der Waals surface area contributed by atoms with Gasteiger partial charge in [0, 0.05) is 49.6 Å². The number of imide groups is 1. The van der Waals surface area contributed by atoms with Crippen molar-refractivity contribution in [2.75, 3.05) is 6.54 Å². The first kappa shape index (κ1) is 28.8. The van der Waals surface area contributed by atoms with Crippen LogP contribution in [0.25, 0.3) is 10.8 Å². The maximum absolute atomic E-state index is 12.0. The second kappa shape index (κ2) is 10.1. The molecular weight excluding hydrogens is 552 g/mol. The van der Waals surface area contributed by atoms with Gasteiger partial charge in [0.2, 0.25) is 5.69 Å². The van der Waals surface area contributed by atoms with Crippen molar-refractivity contribution in [3.63, 3.8) is 0 Å². The van der Waals surface area contributed by atoms with Crippen LogP contribution in [0.1, 0.15) is 64.9 Å². The molecule has 0 saturated carbocycles. The van der Waals surface area contributed by atoms with E-state index in [0.29, 0.717) is 48.2 Å². The summed E-state index contributed by atoms with van der Waals surface area (Å²) in [6.07, 6.45) is 1.79. The topological polar surface area (TPSA) is 178 Å². The Hall–Kier alpha value is -3.20. The third-order valence-electron chi connectivity index (χ3n) is 7.30. The van der Waals surface area contributed by atoms with Crippen molar-refractivity contribution < 1.29 is 49.7 Å². The van der Waals surface area contributed by atoms with Gasteiger partial charge in [-0.1, -0.05) is 0 Å². The van der Waals surface area contributed by atoms with Gasteiger partial charge in [0.05, 0.1) is 15.2 Å². The fourth-order valence-corrected chi connectivity index (χ4v) is 6.44. The molecule has 1 fully saturated rings. The van der Waals surface area contributed by atoms with Crippen LogP contribution in [0.2, 0.25) is 0 Å². The van der Waals surface area contributed by atoms with E-state index >= 15 is 0 Å². The van der Waals surface area contributed by atoms with Gasteiger partial charge in [0.25, 0.3) is 21.9 Å². The average molecular weight is 581 g/mol. The van der Waals surface area contributed by atoms with Crippen molar-refractivity contribution in [3.8, 4) is 0 Å². The van der Waals surface area contributed by atoms with Crippen LogP contribution in [0, 0.1) is 0 Å². The summed E-state index contributed by atoms with van der Waals surface area (Å²) in [5.41, 5.74) is 1.56. The molecule has 2 aromatic rings. The number of fused-ring (bicyclic) bond motifs is 3. The van der Waals surface area contributed by atoms with Crippen LogP contribution in [0.3, 0.4) is 0 Å². The van der Waals surface area contributed by atoms with Crippen LogP contribution in [0.4, 0.5) is 5.69 Å². The summed E-state index contributed by atoms with van der Waals surface area (Å²) in [7, 11) is -9.86. The van der Waals surface area contributed by atoms with Gasteiger partial charge in [-0.25, -0.2) is 13.2 Å². The van der Waals surface area contributed by atoms with E-state index in [1.165, 1.54) is 12.1 Å². The third-order valence-corrected chi connectivity index (χ3v) is 9.01. The van der Waals surface area contributed by atoms with Crippen molar-refractivity contribution in [1.29, 1.82) is 0 Å². The summed E-state index contributed by atoms with van der Waals surface area (Å²) >= 11 is 0. The highest BCUT2D eigenvalue weighted by molar-refractivity contribution is 7.86. The molecule has 0 radical (unpaired) electrons. The highest BCUT2D eigenvalue weighted by atomic mass is 32.2. The Morgan fingerprint density at radius 1 is 1.05 bits per heavy atom. The molecule has 1 N–H and O–H groups in total. The number of carbonyl (C=O) groups is 3. The molecule has 2 aliphatic rings. The number of carbonyl (C=O) groups excluding carboxylic acids is 3. The number of unbranched alkanes of at least 4 members (excludes halogenated alkanes) is 2. The maximum atomic E-state index is 12.0. The molecule has 0 aromatic heterocycles. The van der Waals surface area contributed by atoms with Crippen molar-refractivity contribution in [1.82, 2.24) is 5.06 Å². The first-order valence-corrected chi connectivity index (χ1v) is 15.1. The number of hydroxylamine groups is 2. The lowest BCUT2D eigenvalue weighted by molar-refractivity contribution is -0.439. The smallest absolute Gasteiger partial charge is 0.333 e. The number of rotatable bonds is 9. The minimum absolute atomic E-state index is 0.0239. The maximum Gasteiger partial charge on any atom is 0.333 e. The van der Waals surface area contributed by atoms with Gasteiger partial charge in [-0.3, -0.25) is 14.1 Å². The molecule has 0 bridgehead atoms. The van der Waals surface area contributed by atoms with E-state index in [1.807, 2.05) is 25.3 Å². The minimum atomic E-state index is -5.06. The molecule has 2 aliphatic heterocycles.